The first-order valence-corrected chi connectivity index (χ1v) is 5.48. The maximum atomic E-state index is 10.8. The summed E-state index contributed by atoms with van der Waals surface area (Å²) in [7, 11) is 0. The lowest BCUT2D eigenvalue weighted by Crippen LogP contribution is -2.02. The molecule has 20 heavy (non-hydrogen) atoms. The van der Waals surface area contributed by atoms with Crippen LogP contribution in [0.4, 0.5) is 11.4 Å². The number of rotatable bonds is 5. The zero-order valence-electron chi connectivity index (χ0n) is 10.1. The van der Waals surface area contributed by atoms with Crippen molar-refractivity contribution in [3.8, 4) is 11.4 Å². The first-order valence-electron chi connectivity index (χ1n) is 5.48. The third-order valence-corrected chi connectivity index (χ3v) is 2.41. The highest BCUT2D eigenvalue weighted by Crippen LogP contribution is 2.28. The summed E-state index contributed by atoms with van der Waals surface area (Å²) in [5.41, 5.74) is 4.63. The van der Waals surface area contributed by atoms with Crippen LogP contribution in [0.2, 0.25) is 0 Å². The van der Waals surface area contributed by atoms with Gasteiger partial charge in [0, 0.05) is 30.7 Å². The summed E-state index contributed by atoms with van der Waals surface area (Å²) in [4.78, 5) is 24.1. The SMILES string of the molecule is NCCc1nc(-c2cc([N+](=O)[O-])cc([N+](=O)[O-])c2)no1. The smallest absolute Gasteiger partial charge is 0.277 e. The molecule has 0 bridgehead atoms. The van der Waals surface area contributed by atoms with Crippen molar-refractivity contribution >= 4 is 11.4 Å². The molecule has 0 fully saturated rings. The third-order valence-electron chi connectivity index (χ3n) is 2.41. The van der Waals surface area contributed by atoms with Gasteiger partial charge in [-0.3, -0.25) is 20.2 Å². The van der Waals surface area contributed by atoms with Gasteiger partial charge in [0.25, 0.3) is 11.4 Å². The molecule has 0 unspecified atom stereocenters. The Morgan fingerprint density at radius 2 is 1.75 bits per heavy atom. The molecule has 0 aliphatic rings. The standard InChI is InChI=1S/C10H9N5O5/c11-2-1-9-12-10(13-20-9)6-3-7(14(16)17)5-8(4-6)15(18)19/h3-5H,1-2,11H2. The third kappa shape index (κ3) is 2.75. The highest BCUT2D eigenvalue weighted by atomic mass is 16.6. The highest BCUT2D eigenvalue weighted by molar-refractivity contribution is 5.64. The zero-order valence-corrected chi connectivity index (χ0v) is 10.1. The van der Waals surface area contributed by atoms with E-state index in [1.165, 1.54) is 0 Å². The van der Waals surface area contributed by atoms with Crippen LogP contribution in [0.5, 0.6) is 0 Å². The fourth-order valence-electron chi connectivity index (χ4n) is 1.53. The summed E-state index contributed by atoms with van der Waals surface area (Å²) in [5, 5.41) is 25.2. The van der Waals surface area contributed by atoms with Crippen molar-refractivity contribution in [2.24, 2.45) is 5.73 Å². The number of nitrogens with two attached hydrogens (primary N) is 1. The van der Waals surface area contributed by atoms with E-state index in [4.69, 9.17) is 10.3 Å². The van der Waals surface area contributed by atoms with E-state index in [2.05, 4.69) is 10.1 Å². The minimum Gasteiger partial charge on any atom is -0.339 e. The van der Waals surface area contributed by atoms with Crippen molar-refractivity contribution in [1.29, 1.82) is 0 Å². The number of hydrogen-bond acceptors (Lipinski definition) is 8. The molecule has 0 aliphatic carbocycles. The van der Waals surface area contributed by atoms with E-state index in [0.29, 0.717) is 13.0 Å². The largest absolute Gasteiger partial charge is 0.339 e. The Labute approximate surface area is 111 Å². The van der Waals surface area contributed by atoms with Gasteiger partial charge in [-0.25, -0.2) is 0 Å². The van der Waals surface area contributed by atoms with Crippen molar-refractivity contribution in [1.82, 2.24) is 10.1 Å². The van der Waals surface area contributed by atoms with Crippen molar-refractivity contribution in [2.75, 3.05) is 6.54 Å². The monoisotopic (exact) mass is 279 g/mol. The Bertz CT molecular complexity index is 636. The zero-order chi connectivity index (χ0) is 14.7. The van der Waals surface area contributed by atoms with Crippen LogP contribution < -0.4 is 5.73 Å². The van der Waals surface area contributed by atoms with Gasteiger partial charge in [-0.15, -0.1) is 0 Å². The topological polar surface area (TPSA) is 151 Å². The van der Waals surface area contributed by atoms with Gasteiger partial charge < -0.3 is 10.3 Å². The van der Waals surface area contributed by atoms with Crippen molar-refractivity contribution < 1.29 is 14.4 Å². The summed E-state index contributed by atoms with van der Waals surface area (Å²) < 4.78 is 4.88. The van der Waals surface area contributed by atoms with Gasteiger partial charge in [0.05, 0.1) is 15.9 Å². The summed E-state index contributed by atoms with van der Waals surface area (Å²) in [6.45, 7) is 0.302. The molecule has 0 radical (unpaired) electrons. The van der Waals surface area contributed by atoms with E-state index in [9.17, 15) is 20.2 Å². The molecule has 0 atom stereocenters. The molecule has 1 heterocycles. The second kappa shape index (κ2) is 5.40. The fourth-order valence-corrected chi connectivity index (χ4v) is 1.53. The van der Waals surface area contributed by atoms with Crippen molar-refractivity contribution in [2.45, 2.75) is 6.42 Å². The predicted octanol–water partition coefficient (Wildman–Crippen LogP) is 1.05. The Hall–Kier alpha value is -2.88. The van der Waals surface area contributed by atoms with Gasteiger partial charge in [-0.05, 0) is 0 Å². The van der Waals surface area contributed by atoms with E-state index in [1.807, 2.05) is 0 Å². The lowest BCUT2D eigenvalue weighted by atomic mass is 10.1. The number of nitro groups is 2. The second-order valence-electron chi connectivity index (χ2n) is 3.80. The predicted molar refractivity (Wildman–Crippen MR) is 65.8 cm³/mol. The minimum absolute atomic E-state index is 0.0419. The molecule has 104 valence electrons. The number of hydrogen-bond donors (Lipinski definition) is 1. The molecule has 2 N–H and O–H groups in total. The molecule has 0 saturated heterocycles. The number of nitro benzene ring substituents is 2. The summed E-state index contributed by atoms with van der Waals surface area (Å²) >= 11 is 0. The van der Waals surface area contributed by atoms with Crippen LogP contribution in [0.1, 0.15) is 5.89 Å². The van der Waals surface area contributed by atoms with Crippen LogP contribution in [0.3, 0.4) is 0 Å². The number of nitrogens with zero attached hydrogens (tertiary/aromatic N) is 4. The average molecular weight is 279 g/mol. The molecule has 10 nitrogen and oxygen atoms in total. The molecule has 2 aromatic rings. The quantitative estimate of drug-likeness (QED) is 0.629. The highest BCUT2D eigenvalue weighted by Gasteiger charge is 2.19. The molecule has 2 rings (SSSR count). The molecular formula is C10H9N5O5. The summed E-state index contributed by atoms with van der Waals surface area (Å²) in [6.07, 6.45) is 0.351. The van der Waals surface area contributed by atoms with Crippen LogP contribution in [0.25, 0.3) is 11.4 Å². The van der Waals surface area contributed by atoms with Gasteiger partial charge in [0.2, 0.25) is 11.7 Å². The molecule has 0 spiro atoms. The van der Waals surface area contributed by atoms with Crippen molar-refractivity contribution in [3.63, 3.8) is 0 Å². The number of aromatic nitrogens is 2. The fraction of sp³-hybridized carbons (Fsp3) is 0.200. The van der Waals surface area contributed by atoms with Crippen LogP contribution in [-0.2, 0) is 6.42 Å². The lowest BCUT2D eigenvalue weighted by Gasteiger charge is -1.97. The van der Waals surface area contributed by atoms with Gasteiger partial charge in [0.15, 0.2) is 0 Å². The van der Waals surface area contributed by atoms with E-state index < -0.39 is 21.2 Å². The van der Waals surface area contributed by atoms with E-state index in [0.717, 1.165) is 18.2 Å². The molecule has 1 aromatic carbocycles. The second-order valence-corrected chi connectivity index (χ2v) is 3.80. The van der Waals surface area contributed by atoms with Gasteiger partial charge in [0.1, 0.15) is 0 Å². The van der Waals surface area contributed by atoms with Gasteiger partial charge >= 0.3 is 0 Å². The lowest BCUT2D eigenvalue weighted by molar-refractivity contribution is -0.394. The molecule has 0 amide bonds. The Morgan fingerprint density at radius 1 is 1.15 bits per heavy atom. The summed E-state index contributed by atoms with van der Waals surface area (Å²) in [6, 6.07) is 3.15. The van der Waals surface area contributed by atoms with E-state index >= 15 is 0 Å². The Kier molecular flexibility index (Phi) is 3.66. The number of non-ortho nitro benzene ring substituents is 2. The maximum absolute atomic E-state index is 10.8. The summed E-state index contributed by atoms with van der Waals surface area (Å²) in [5.74, 6) is 0.303. The van der Waals surface area contributed by atoms with Crippen molar-refractivity contribution in [3.05, 3.63) is 44.3 Å². The molecular weight excluding hydrogens is 270 g/mol. The molecule has 0 saturated carbocycles. The first kappa shape index (κ1) is 13.5. The molecule has 1 aromatic heterocycles. The van der Waals surface area contributed by atoms with Crippen LogP contribution in [-0.4, -0.2) is 26.5 Å². The van der Waals surface area contributed by atoms with Crippen LogP contribution >= 0.6 is 0 Å². The number of benzene rings is 1. The average Bonchev–Trinajstić information content (AvgIpc) is 2.87. The van der Waals surface area contributed by atoms with E-state index in [-0.39, 0.29) is 17.3 Å². The maximum Gasteiger partial charge on any atom is 0.277 e. The van der Waals surface area contributed by atoms with Crippen LogP contribution in [0, 0.1) is 20.2 Å². The molecule has 0 aliphatic heterocycles. The molecule has 10 heteroatoms. The normalized spacial score (nSPS) is 10.4. The van der Waals surface area contributed by atoms with E-state index in [1.54, 1.807) is 0 Å². The minimum atomic E-state index is -0.725. The first-order chi connectivity index (χ1) is 9.51. The van der Waals surface area contributed by atoms with Gasteiger partial charge in [-0.2, -0.15) is 4.98 Å². The Morgan fingerprint density at radius 3 is 2.25 bits per heavy atom. The Balaban J connectivity index is 2.48. The van der Waals surface area contributed by atoms with Gasteiger partial charge in [-0.1, -0.05) is 5.16 Å². The van der Waals surface area contributed by atoms with Crippen LogP contribution in [0.15, 0.2) is 22.7 Å².